The van der Waals surface area contributed by atoms with Crippen molar-refractivity contribution in [2.45, 2.75) is 26.0 Å². The van der Waals surface area contributed by atoms with E-state index in [0.29, 0.717) is 17.5 Å². The monoisotopic (exact) mass is 399 g/mol. The van der Waals surface area contributed by atoms with E-state index in [0.717, 1.165) is 12.1 Å². The van der Waals surface area contributed by atoms with Gasteiger partial charge in [0.05, 0.1) is 16.7 Å². The molecule has 3 rings (SSSR count). The molecule has 0 aromatic heterocycles. The fourth-order valence-corrected chi connectivity index (χ4v) is 3.22. The summed E-state index contributed by atoms with van der Waals surface area (Å²) in [4.78, 5) is 11.7. The lowest BCUT2D eigenvalue weighted by molar-refractivity contribution is -0.134. The van der Waals surface area contributed by atoms with Crippen molar-refractivity contribution in [3.8, 4) is 28.4 Å². The second kappa shape index (κ2) is 7.70. The van der Waals surface area contributed by atoms with Gasteiger partial charge in [-0.1, -0.05) is 30.1 Å². The van der Waals surface area contributed by atoms with Crippen molar-refractivity contribution in [3.63, 3.8) is 0 Å². The Kier molecular flexibility index (Phi) is 5.55. The van der Waals surface area contributed by atoms with Gasteiger partial charge in [-0.3, -0.25) is 10.5 Å². The third-order valence-corrected chi connectivity index (χ3v) is 4.38. The van der Waals surface area contributed by atoms with Gasteiger partial charge in [-0.25, -0.2) is 4.39 Å². The van der Waals surface area contributed by atoms with Crippen LogP contribution in [0.1, 0.15) is 19.8 Å². The number of fused-ring (bicyclic) bond motifs is 1. The molecular weight excluding hydrogens is 384 g/mol. The molecule has 1 atom stereocenters. The van der Waals surface area contributed by atoms with E-state index in [1.807, 2.05) is 0 Å². The molecule has 2 N–H and O–H groups in total. The topological polar surface area (TPSA) is 70.8 Å². The second-order valence-corrected chi connectivity index (χ2v) is 6.45. The number of rotatable bonds is 3. The van der Waals surface area contributed by atoms with Crippen molar-refractivity contribution in [3.05, 3.63) is 40.1 Å². The van der Waals surface area contributed by atoms with Crippen molar-refractivity contribution in [2.24, 2.45) is 5.73 Å². The Morgan fingerprint density at radius 3 is 2.65 bits per heavy atom. The molecule has 0 saturated carbocycles. The van der Waals surface area contributed by atoms with Crippen molar-refractivity contribution >= 4 is 29.2 Å². The van der Waals surface area contributed by atoms with Gasteiger partial charge in [-0.15, -0.1) is 0 Å². The highest BCUT2D eigenvalue weighted by atomic mass is 35.5. The number of halogens is 3. The lowest BCUT2D eigenvalue weighted by Gasteiger charge is -2.19. The van der Waals surface area contributed by atoms with Crippen LogP contribution in [-0.4, -0.2) is 18.8 Å². The molecular formula is C18H16Cl2FNO4. The first-order valence-electron chi connectivity index (χ1n) is 7.98. The molecule has 0 spiro atoms. The van der Waals surface area contributed by atoms with Crippen LogP contribution < -0.4 is 19.9 Å². The highest BCUT2D eigenvalue weighted by Crippen LogP contribution is 2.49. The maximum absolute atomic E-state index is 13.5. The Balaban J connectivity index is 2.20. The summed E-state index contributed by atoms with van der Waals surface area (Å²) in [5.74, 6) is -0.299. The Morgan fingerprint density at radius 1 is 1.31 bits per heavy atom. The van der Waals surface area contributed by atoms with E-state index in [4.69, 9.17) is 43.1 Å². The molecule has 1 heterocycles. The quantitative estimate of drug-likeness (QED) is 0.604. The zero-order chi connectivity index (χ0) is 18.8. The van der Waals surface area contributed by atoms with Crippen LogP contribution in [-0.2, 0) is 4.79 Å². The molecule has 0 aliphatic carbocycles. The lowest BCUT2D eigenvalue weighted by Crippen LogP contribution is -2.27. The van der Waals surface area contributed by atoms with Crippen molar-refractivity contribution in [2.75, 3.05) is 6.61 Å². The molecule has 0 unspecified atom stereocenters. The van der Waals surface area contributed by atoms with Crippen LogP contribution in [0.2, 0.25) is 10.0 Å². The first-order chi connectivity index (χ1) is 12.4. The highest BCUT2D eigenvalue weighted by molar-refractivity contribution is 6.39. The number of nitrogens with two attached hydrogens (primary N) is 1. The van der Waals surface area contributed by atoms with Gasteiger partial charge in [0.25, 0.3) is 0 Å². The summed E-state index contributed by atoms with van der Waals surface area (Å²) in [7, 11) is 0. The largest absolute Gasteiger partial charge is 0.486 e. The Morgan fingerprint density at radius 2 is 2.00 bits per heavy atom. The second-order valence-electron chi connectivity index (χ2n) is 5.64. The number of benzene rings is 2. The third kappa shape index (κ3) is 3.72. The van der Waals surface area contributed by atoms with E-state index >= 15 is 0 Å². The van der Waals surface area contributed by atoms with Gasteiger partial charge in [-0.2, -0.15) is 0 Å². The molecule has 5 nitrogen and oxygen atoms in total. The van der Waals surface area contributed by atoms with E-state index in [1.165, 1.54) is 0 Å². The van der Waals surface area contributed by atoms with Gasteiger partial charge in [0, 0.05) is 24.0 Å². The highest BCUT2D eigenvalue weighted by Gasteiger charge is 2.27. The maximum Gasteiger partial charge on any atom is 0.311 e. The number of hydrogen-bond donors (Lipinski definition) is 1. The smallest absolute Gasteiger partial charge is 0.311 e. The first-order valence-corrected chi connectivity index (χ1v) is 8.74. The van der Waals surface area contributed by atoms with E-state index in [1.54, 1.807) is 19.1 Å². The number of carbonyl (C=O) groups excluding carboxylic acids is 1. The van der Waals surface area contributed by atoms with Crippen LogP contribution in [0.15, 0.2) is 24.3 Å². The van der Waals surface area contributed by atoms with E-state index in [2.05, 4.69) is 0 Å². The molecule has 1 aliphatic rings. The van der Waals surface area contributed by atoms with Crippen LogP contribution in [0.4, 0.5) is 4.39 Å². The van der Waals surface area contributed by atoms with E-state index < -0.39 is 18.0 Å². The molecule has 8 heteroatoms. The Labute approximate surface area is 159 Å². The summed E-state index contributed by atoms with van der Waals surface area (Å²) >= 11 is 12.4. The summed E-state index contributed by atoms with van der Waals surface area (Å²) in [6, 6.07) is 5.47. The predicted octanol–water partition coefficient (Wildman–Crippen LogP) is 4.56. The van der Waals surface area contributed by atoms with Gasteiger partial charge < -0.3 is 14.2 Å². The Bertz CT molecular complexity index is 836. The summed E-state index contributed by atoms with van der Waals surface area (Å²) in [6.07, 6.45) is -0.00252. The number of carbonyl (C=O) groups is 1. The predicted molar refractivity (Wildman–Crippen MR) is 96.5 cm³/mol. The minimum atomic E-state index is -0.634. The van der Waals surface area contributed by atoms with Gasteiger partial charge in [0.15, 0.2) is 17.7 Å². The minimum Gasteiger partial charge on any atom is -0.486 e. The molecule has 0 saturated heterocycles. The molecule has 0 fully saturated rings. The van der Waals surface area contributed by atoms with Crippen molar-refractivity contribution in [1.82, 2.24) is 0 Å². The third-order valence-electron chi connectivity index (χ3n) is 3.78. The average Bonchev–Trinajstić information content (AvgIpc) is 2.77. The van der Waals surface area contributed by atoms with Crippen molar-refractivity contribution in [1.29, 1.82) is 0 Å². The minimum absolute atomic E-state index is 0.108. The number of ether oxygens (including phenoxy) is 3. The van der Waals surface area contributed by atoms with Gasteiger partial charge in [0.2, 0.25) is 5.75 Å². The molecule has 2 aromatic carbocycles. The van der Waals surface area contributed by atoms with Crippen molar-refractivity contribution < 1.29 is 23.4 Å². The van der Waals surface area contributed by atoms with Crippen LogP contribution in [0.3, 0.4) is 0 Å². The SMILES string of the molecule is CCC(=O)Oc1ccc(-c2c(Cl)cc(F)cc2Cl)c2c1OCC[C@@H](N)O2. The van der Waals surface area contributed by atoms with Gasteiger partial charge in [-0.05, 0) is 24.3 Å². The molecule has 2 aromatic rings. The number of esters is 1. The first kappa shape index (κ1) is 18.8. The normalized spacial score (nSPS) is 16.1. The van der Waals surface area contributed by atoms with Crippen LogP contribution in [0.25, 0.3) is 11.1 Å². The van der Waals surface area contributed by atoms with Gasteiger partial charge in [0.1, 0.15) is 5.82 Å². The summed E-state index contributed by atoms with van der Waals surface area (Å²) < 4.78 is 30.4. The van der Waals surface area contributed by atoms with Crippen LogP contribution >= 0.6 is 23.2 Å². The Hall–Kier alpha value is -2.02. The average molecular weight is 400 g/mol. The maximum atomic E-state index is 13.5. The van der Waals surface area contributed by atoms with Crippen LogP contribution in [0, 0.1) is 5.82 Å². The zero-order valence-corrected chi connectivity index (χ0v) is 15.4. The molecule has 0 radical (unpaired) electrons. The molecule has 0 amide bonds. The summed E-state index contributed by atoms with van der Waals surface area (Å²) in [6.45, 7) is 1.96. The van der Waals surface area contributed by atoms with E-state index in [9.17, 15) is 9.18 Å². The summed E-state index contributed by atoms with van der Waals surface area (Å²) in [5, 5.41) is 0.217. The fourth-order valence-electron chi connectivity index (χ4n) is 2.56. The summed E-state index contributed by atoms with van der Waals surface area (Å²) in [5.41, 5.74) is 6.77. The fraction of sp³-hybridized carbons (Fsp3) is 0.278. The molecule has 138 valence electrons. The lowest BCUT2D eigenvalue weighted by atomic mass is 10.0. The molecule has 1 aliphatic heterocycles. The van der Waals surface area contributed by atoms with E-state index in [-0.39, 0.29) is 40.3 Å². The zero-order valence-electron chi connectivity index (χ0n) is 13.9. The standard InChI is InChI=1S/C18H16Cl2FNO4/c1-2-15(23)25-13-4-3-10(16-11(19)7-9(21)8-12(16)20)17-18(13)24-6-5-14(22)26-17/h3-4,7-8,14H,2,5-6,22H2,1H3/t14-/m0/s1. The van der Waals surface area contributed by atoms with Gasteiger partial charge >= 0.3 is 5.97 Å². The number of hydrogen-bond acceptors (Lipinski definition) is 5. The van der Waals surface area contributed by atoms with Crippen LogP contribution in [0.5, 0.6) is 17.2 Å². The molecule has 26 heavy (non-hydrogen) atoms. The molecule has 0 bridgehead atoms.